The van der Waals surface area contributed by atoms with Gasteiger partial charge in [0.05, 0.1) is 19.0 Å². The van der Waals surface area contributed by atoms with Crippen LogP contribution in [0.15, 0.2) is 43.0 Å². The third-order valence-corrected chi connectivity index (χ3v) is 6.63. The van der Waals surface area contributed by atoms with Crippen LogP contribution in [-0.2, 0) is 11.2 Å². The molecular weight excluding hydrogens is 492 g/mol. The quantitative estimate of drug-likeness (QED) is 0.279. The number of nitrogens with zero attached hydrogens (tertiary/aromatic N) is 4. The summed E-state index contributed by atoms with van der Waals surface area (Å²) in [6.45, 7) is 3.18. The van der Waals surface area contributed by atoms with Crippen molar-refractivity contribution in [2.24, 2.45) is 0 Å². The van der Waals surface area contributed by atoms with Crippen molar-refractivity contribution in [3.63, 3.8) is 0 Å². The Labute approximate surface area is 218 Å². The van der Waals surface area contributed by atoms with Crippen LogP contribution in [0.4, 0.5) is 14.6 Å². The second-order valence-electron chi connectivity index (χ2n) is 9.32. The predicted octanol–water partition coefficient (Wildman–Crippen LogP) is 4.43. The van der Waals surface area contributed by atoms with E-state index in [0.717, 1.165) is 37.2 Å². The molecule has 9 nitrogen and oxygen atoms in total. The van der Waals surface area contributed by atoms with Crippen molar-refractivity contribution in [2.75, 3.05) is 18.5 Å². The fourth-order valence-corrected chi connectivity index (χ4v) is 4.75. The number of hydrogen-bond donors (Lipinski definition) is 3. The molecule has 0 spiro atoms. The van der Waals surface area contributed by atoms with Crippen molar-refractivity contribution in [1.29, 1.82) is 0 Å². The molecule has 1 aliphatic rings. The summed E-state index contributed by atoms with van der Waals surface area (Å²) in [4.78, 5) is 32.6. The van der Waals surface area contributed by atoms with Gasteiger partial charge in [0.1, 0.15) is 17.2 Å². The maximum absolute atomic E-state index is 14.7. The van der Waals surface area contributed by atoms with Gasteiger partial charge in [-0.2, -0.15) is 0 Å². The van der Waals surface area contributed by atoms with Crippen LogP contribution < -0.4 is 10.6 Å². The minimum Gasteiger partial charge on any atom is -0.381 e. The minimum absolute atomic E-state index is 0.0642. The molecular formula is C27H29F2N7O2. The fourth-order valence-electron chi connectivity index (χ4n) is 4.75. The summed E-state index contributed by atoms with van der Waals surface area (Å²) >= 11 is 0. The van der Waals surface area contributed by atoms with Gasteiger partial charge in [-0.1, -0.05) is 0 Å². The van der Waals surface area contributed by atoms with Crippen molar-refractivity contribution in [2.45, 2.75) is 51.1 Å². The van der Waals surface area contributed by atoms with Crippen molar-refractivity contribution < 1.29 is 18.3 Å². The molecule has 0 saturated heterocycles. The van der Waals surface area contributed by atoms with Gasteiger partial charge in [-0.05, 0) is 62.8 Å². The van der Waals surface area contributed by atoms with Gasteiger partial charge in [0.25, 0.3) is 5.91 Å². The molecule has 1 fully saturated rings. The highest BCUT2D eigenvalue weighted by molar-refractivity contribution is 5.93. The van der Waals surface area contributed by atoms with E-state index in [-0.39, 0.29) is 29.6 Å². The van der Waals surface area contributed by atoms with Crippen molar-refractivity contribution >= 4 is 22.8 Å². The molecule has 1 aliphatic carbocycles. The molecule has 5 rings (SSSR count). The first kappa shape index (κ1) is 25.7. The normalized spacial score (nSPS) is 17.4. The molecule has 4 aromatic heterocycles. The van der Waals surface area contributed by atoms with Gasteiger partial charge in [-0.3, -0.25) is 9.78 Å². The lowest BCUT2D eigenvalue weighted by molar-refractivity contribution is 0.0921. The van der Waals surface area contributed by atoms with E-state index in [1.165, 1.54) is 6.07 Å². The maximum atomic E-state index is 14.7. The Balaban J connectivity index is 1.25. The lowest BCUT2D eigenvalue weighted by atomic mass is 9.91. The zero-order chi connectivity index (χ0) is 26.5. The number of amides is 1. The first-order chi connectivity index (χ1) is 18.5. The molecule has 0 radical (unpaired) electrons. The number of aromatic nitrogens is 5. The van der Waals surface area contributed by atoms with E-state index in [1.807, 2.05) is 13.0 Å². The first-order valence-electron chi connectivity index (χ1n) is 12.8. The highest BCUT2D eigenvalue weighted by atomic mass is 19.1. The number of hydrogen-bond acceptors (Lipinski definition) is 7. The molecule has 11 heteroatoms. The second-order valence-corrected chi connectivity index (χ2v) is 9.32. The van der Waals surface area contributed by atoms with E-state index in [1.54, 1.807) is 18.5 Å². The van der Waals surface area contributed by atoms with Crippen LogP contribution in [-0.4, -0.2) is 56.1 Å². The Morgan fingerprint density at radius 2 is 2.03 bits per heavy atom. The average Bonchev–Trinajstić information content (AvgIpc) is 3.33. The molecule has 0 bridgehead atoms. The van der Waals surface area contributed by atoms with Gasteiger partial charge in [0.2, 0.25) is 0 Å². The molecule has 3 N–H and O–H groups in total. The number of rotatable bonds is 9. The SMILES string of the molecule is CCOCCc1ccnc(C(=O)N[C@H]2CCC[C@@H](Nc3nc(-c4c[nH]c5ncc(F)cc45)ncc3F)C2)c1. The number of aromatic amines is 1. The summed E-state index contributed by atoms with van der Waals surface area (Å²) in [6, 6.07) is 4.82. The topological polar surface area (TPSA) is 118 Å². The van der Waals surface area contributed by atoms with Gasteiger partial charge >= 0.3 is 0 Å². The number of anilines is 1. The molecule has 1 amide bonds. The molecule has 38 heavy (non-hydrogen) atoms. The third-order valence-electron chi connectivity index (χ3n) is 6.63. The molecule has 2 atom stereocenters. The van der Waals surface area contributed by atoms with E-state index < -0.39 is 11.6 Å². The number of nitrogens with one attached hydrogen (secondary N) is 3. The number of halogens is 2. The van der Waals surface area contributed by atoms with E-state index in [0.29, 0.717) is 48.3 Å². The average molecular weight is 522 g/mol. The van der Waals surface area contributed by atoms with Gasteiger partial charge in [-0.25, -0.2) is 23.7 Å². The number of H-pyrrole nitrogens is 1. The van der Waals surface area contributed by atoms with Crippen molar-refractivity contribution in [1.82, 2.24) is 30.2 Å². The van der Waals surface area contributed by atoms with Crippen LogP contribution in [0, 0.1) is 11.6 Å². The van der Waals surface area contributed by atoms with Gasteiger partial charge in [0.15, 0.2) is 17.5 Å². The molecule has 0 aromatic carbocycles. The molecule has 4 heterocycles. The van der Waals surface area contributed by atoms with Gasteiger partial charge in [-0.15, -0.1) is 0 Å². The molecule has 1 saturated carbocycles. The maximum Gasteiger partial charge on any atom is 0.270 e. The smallest absolute Gasteiger partial charge is 0.270 e. The summed E-state index contributed by atoms with van der Waals surface area (Å²) in [5.74, 6) is -0.985. The van der Waals surface area contributed by atoms with Crippen LogP contribution in [0.25, 0.3) is 22.4 Å². The summed E-state index contributed by atoms with van der Waals surface area (Å²) in [5, 5.41) is 6.77. The Morgan fingerprint density at radius 3 is 2.89 bits per heavy atom. The summed E-state index contributed by atoms with van der Waals surface area (Å²) in [7, 11) is 0. The number of carbonyl (C=O) groups excluding carboxylic acids is 1. The Bertz CT molecular complexity index is 1430. The summed E-state index contributed by atoms with van der Waals surface area (Å²) in [6.07, 6.45) is 9.28. The number of pyridine rings is 2. The van der Waals surface area contributed by atoms with E-state index >= 15 is 0 Å². The fraction of sp³-hybridized carbons (Fsp3) is 0.370. The monoisotopic (exact) mass is 521 g/mol. The van der Waals surface area contributed by atoms with Crippen molar-refractivity contribution in [3.05, 3.63) is 65.9 Å². The van der Waals surface area contributed by atoms with Crippen LogP contribution >= 0.6 is 0 Å². The lowest BCUT2D eigenvalue weighted by Gasteiger charge is -2.30. The van der Waals surface area contributed by atoms with Crippen LogP contribution in [0.2, 0.25) is 0 Å². The number of carbonyl (C=O) groups is 1. The lowest BCUT2D eigenvalue weighted by Crippen LogP contribution is -2.42. The highest BCUT2D eigenvalue weighted by Gasteiger charge is 2.25. The third kappa shape index (κ3) is 5.94. The van der Waals surface area contributed by atoms with E-state index in [9.17, 15) is 13.6 Å². The van der Waals surface area contributed by atoms with Crippen molar-refractivity contribution in [3.8, 4) is 11.4 Å². The number of fused-ring (bicyclic) bond motifs is 1. The van der Waals surface area contributed by atoms with Gasteiger partial charge in [0, 0.05) is 42.0 Å². The molecule has 4 aromatic rings. The second kappa shape index (κ2) is 11.6. The highest BCUT2D eigenvalue weighted by Crippen LogP contribution is 2.28. The van der Waals surface area contributed by atoms with Gasteiger partial charge < -0.3 is 20.4 Å². The first-order valence-corrected chi connectivity index (χ1v) is 12.8. The predicted molar refractivity (Wildman–Crippen MR) is 139 cm³/mol. The summed E-state index contributed by atoms with van der Waals surface area (Å²) in [5.41, 5.74) is 2.37. The Morgan fingerprint density at radius 1 is 1.16 bits per heavy atom. The largest absolute Gasteiger partial charge is 0.381 e. The minimum atomic E-state index is -0.586. The van der Waals surface area contributed by atoms with E-state index in [2.05, 4.69) is 35.6 Å². The zero-order valence-electron chi connectivity index (χ0n) is 21.0. The summed E-state index contributed by atoms with van der Waals surface area (Å²) < 4.78 is 33.8. The van der Waals surface area contributed by atoms with Crippen LogP contribution in [0.1, 0.15) is 48.7 Å². The van der Waals surface area contributed by atoms with Crippen LogP contribution in [0.5, 0.6) is 0 Å². The zero-order valence-corrected chi connectivity index (χ0v) is 21.0. The molecule has 0 aliphatic heterocycles. The number of ether oxygens (including phenoxy) is 1. The van der Waals surface area contributed by atoms with Crippen LogP contribution in [0.3, 0.4) is 0 Å². The molecule has 0 unspecified atom stereocenters. The Hall–Kier alpha value is -3.99. The van der Waals surface area contributed by atoms with E-state index in [4.69, 9.17) is 4.74 Å². The standard InChI is InChI=1S/C27H29F2N7O2/c1-2-38-9-7-16-6-8-30-23(10-16)27(37)35-19-5-3-4-18(12-19)34-26-22(29)15-33-25(36-26)21-14-32-24-20(21)11-17(28)13-31-24/h6,8,10-11,13-15,18-19H,2-5,7,9,12H2,1H3,(H,31,32)(H,35,37)(H,33,34,36)/t18-,19+/m1/s1. The molecule has 198 valence electrons. The Kier molecular flexibility index (Phi) is 7.83.